The van der Waals surface area contributed by atoms with Crippen molar-refractivity contribution < 1.29 is 23.1 Å². The average molecular weight is 325 g/mol. The van der Waals surface area contributed by atoms with E-state index in [4.69, 9.17) is 28.3 Å². The Morgan fingerprint density at radius 1 is 1.30 bits per heavy atom. The number of halogens is 5. The highest BCUT2D eigenvalue weighted by Gasteiger charge is 2.41. The van der Waals surface area contributed by atoms with E-state index < -0.39 is 23.4 Å². The maximum atomic E-state index is 13.0. The van der Waals surface area contributed by atoms with Gasteiger partial charge in [-0.15, -0.1) is 0 Å². The largest absolute Gasteiger partial charge is 0.478 e. The van der Waals surface area contributed by atoms with Crippen LogP contribution in [-0.4, -0.2) is 20.9 Å². The summed E-state index contributed by atoms with van der Waals surface area (Å²) >= 11 is 11.5. The highest BCUT2D eigenvalue weighted by molar-refractivity contribution is 6.34. The van der Waals surface area contributed by atoms with E-state index in [0.29, 0.717) is 10.9 Å². The van der Waals surface area contributed by atoms with Crippen molar-refractivity contribution in [3.63, 3.8) is 0 Å². The molecule has 0 radical (unpaired) electrons. The number of rotatable bonds is 2. The van der Waals surface area contributed by atoms with Gasteiger partial charge in [0, 0.05) is 5.02 Å². The second-order valence-corrected chi connectivity index (χ2v) is 4.56. The number of carboxylic acid groups (broad SMARTS) is 1. The number of carboxylic acids is 1. The molecule has 20 heavy (non-hydrogen) atoms. The molecule has 0 spiro atoms. The van der Waals surface area contributed by atoms with Crippen molar-refractivity contribution >= 4 is 29.2 Å². The number of nitrogens with zero attached hydrogens (tertiary/aromatic N) is 2. The van der Waals surface area contributed by atoms with Crippen LogP contribution in [0.15, 0.2) is 24.4 Å². The van der Waals surface area contributed by atoms with Crippen LogP contribution < -0.4 is 0 Å². The molecule has 1 aromatic carbocycles. The Morgan fingerprint density at radius 3 is 2.50 bits per heavy atom. The number of aromatic nitrogens is 2. The lowest BCUT2D eigenvalue weighted by Gasteiger charge is -2.12. The topological polar surface area (TPSA) is 55.1 Å². The maximum absolute atomic E-state index is 13.0. The summed E-state index contributed by atoms with van der Waals surface area (Å²) in [6.07, 6.45) is -4.29. The third kappa shape index (κ3) is 2.59. The van der Waals surface area contributed by atoms with Crippen molar-refractivity contribution in [2.45, 2.75) is 6.18 Å². The van der Waals surface area contributed by atoms with E-state index in [1.165, 1.54) is 12.1 Å². The summed E-state index contributed by atoms with van der Waals surface area (Å²) in [5, 5.41) is 12.4. The van der Waals surface area contributed by atoms with Crippen LogP contribution >= 0.6 is 23.2 Å². The molecule has 0 aliphatic carbocycles. The lowest BCUT2D eigenvalue weighted by molar-refractivity contribution is -0.143. The van der Waals surface area contributed by atoms with Crippen molar-refractivity contribution in [1.82, 2.24) is 9.78 Å². The zero-order chi connectivity index (χ0) is 15.1. The fourth-order valence-corrected chi connectivity index (χ4v) is 1.97. The zero-order valence-corrected chi connectivity index (χ0v) is 11.0. The Bertz CT molecular complexity index is 683. The van der Waals surface area contributed by atoms with Gasteiger partial charge in [-0.05, 0) is 18.2 Å². The number of hydrogen-bond acceptors (Lipinski definition) is 2. The molecule has 0 aliphatic heterocycles. The quantitative estimate of drug-likeness (QED) is 0.911. The van der Waals surface area contributed by atoms with E-state index >= 15 is 0 Å². The van der Waals surface area contributed by atoms with E-state index in [1.54, 1.807) is 0 Å². The molecule has 0 saturated heterocycles. The summed E-state index contributed by atoms with van der Waals surface area (Å²) in [6, 6.07) is 3.85. The van der Waals surface area contributed by atoms with Crippen LogP contribution in [-0.2, 0) is 6.18 Å². The number of carbonyl (C=O) groups is 1. The third-order valence-electron chi connectivity index (χ3n) is 2.40. The summed E-state index contributed by atoms with van der Waals surface area (Å²) in [6.45, 7) is 0. The van der Waals surface area contributed by atoms with Crippen LogP contribution in [0.3, 0.4) is 0 Å². The first-order chi connectivity index (χ1) is 9.21. The van der Waals surface area contributed by atoms with Crippen molar-refractivity contribution in [2.24, 2.45) is 0 Å². The molecular formula is C11H5Cl2F3N2O2. The minimum Gasteiger partial charge on any atom is -0.478 e. The summed E-state index contributed by atoms with van der Waals surface area (Å²) in [4.78, 5) is 10.9. The second kappa shape index (κ2) is 4.99. The molecule has 2 aromatic rings. The van der Waals surface area contributed by atoms with Gasteiger partial charge in [0.15, 0.2) is 5.69 Å². The minimum atomic E-state index is -4.91. The molecule has 9 heteroatoms. The molecule has 1 N–H and O–H groups in total. The monoisotopic (exact) mass is 324 g/mol. The normalized spacial score (nSPS) is 11.7. The molecule has 0 unspecified atom stereocenters. The standard InChI is InChI=1S/C11H5Cl2F3N2O2/c12-5-1-2-7(13)8(3-5)18-9(11(14,15)16)6(4-17-18)10(19)20/h1-4H,(H,19,20). The average Bonchev–Trinajstić information content (AvgIpc) is 2.76. The predicted molar refractivity (Wildman–Crippen MR) is 65.5 cm³/mol. The smallest absolute Gasteiger partial charge is 0.434 e. The van der Waals surface area contributed by atoms with Gasteiger partial charge in [-0.1, -0.05) is 23.2 Å². The van der Waals surface area contributed by atoms with Gasteiger partial charge in [-0.2, -0.15) is 18.3 Å². The summed E-state index contributed by atoms with van der Waals surface area (Å²) in [5.41, 5.74) is -2.54. The van der Waals surface area contributed by atoms with E-state index in [2.05, 4.69) is 5.10 Å². The summed E-state index contributed by atoms with van der Waals surface area (Å²) < 4.78 is 39.5. The predicted octanol–water partition coefficient (Wildman–Crippen LogP) is 3.90. The zero-order valence-electron chi connectivity index (χ0n) is 9.45. The van der Waals surface area contributed by atoms with Crippen LogP contribution in [0, 0.1) is 0 Å². The Hall–Kier alpha value is -1.73. The third-order valence-corrected chi connectivity index (χ3v) is 2.96. The molecule has 1 aromatic heterocycles. The van der Waals surface area contributed by atoms with Crippen LogP contribution in [0.25, 0.3) is 5.69 Å². The first-order valence-electron chi connectivity index (χ1n) is 5.05. The Kier molecular flexibility index (Phi) is 3.66. The van der Waals surface area contributed by atoms with E-state index in [0.717, 1.165) is 6.07 Å². The van der Waals surface area contributed by atoms with Crippen molar-refractivity contribution in [3.8, 4) is 5.69 Å². The van der Waals surface area contributed by atoms with Gasteiger partial charge in [0.05, 0.1) is 16.9 Å². The summed E-state index contributed by atoms with van der Waals surface area (Å²) in [5.74, 6) is -1.73. The van der Waals surface area contributed by atoms with Gasteiger partial charge in [-0.3, -0.25) is 0 Å². The molecule has 2 rings (SSSR count). The second-order valence-electron chi connectivity index (χ2n) is 3.72. The van der Waals surface area contributed by atoms with Crippen LogP contribution in [0.5, 0.6) is 0 Å². The Labute approximate surface area is 120 Å². The Morgan fingerprint density at radius 2 is 1.95 bits per heavy atom. The fraction of sp³-hybridized carbons (Fsp3) is 0.0909. The Balaban J connectivity index is 2.75. The number of hydrogen-bond donors (Lipinski definition) is 1. The van der Waals surface area contributed by atoms with Gasteiger partial charge in [0.25, 0.3) is 0 Å². The van der Waals surface area contributed by atoms with Crippen LogP contribution in [0.1, 0.15) is 16.1 Å². The lowest BCUT2D eigenvalue weighted by atomic mass is 10.2. The first-order valence-corrected chi connectivity index (χ1v) is 5.81. The van der Waals surface area contributed by atoms with E-state index in [-0.39, 0.29) is 15.7 Å². The molecule has 106 valence electrons. The molecule has 0 amide bonds. The molecule has 0 saturated carbocycles. The van der Waals surface area contributed by atoms with E-state index in [9.17, 15) is 18.0 Å². The SMILES string of the molecule is O=C(O)c1cnn(-c2cc(Cl)ccc2Cl)c1C(F)(F)F. The number of aromatic carboxylic acids is 1. The maximum Gasteiger partial charge on any atom is 0.434 e. The van der Waals surface area contributed by atoms with Crippen LogP contribution in [0.4, 0.5) is 13.2 Å². The molecule has 0 atom stereocenters. The van der Waals surface area contributed by atoms with Gasteiger partial charge in [-0.25, -0.2) is 9.48 Å². The van der Waals surface area contributed by atoms with Crippen molar-refractivity contribution in [2.75, 3.05) is 0 Å². The highest BCUT2D eigenvalue weighted by atomic mass is 35.5. The fourth-order valence-electron chi connectivity index (χ4n) is 1.61. The molecule has 0 aliphatic rings. The van der Waals surface area contributed by atoms with Gasteiger partial charge < -0.3 is 5.11 Å². The van der Waals surface area contributed by atoms with E-state index in [1.807, 2.05) is 0 Å². The molecule has 1 heterocycles. The first kappa shape index (κ1) is 14.7. The molecule has 0 bridgehead atoms. The molecule has 0 fully saturated rings. The van der Waals surface area contributed by atoms with Gasteiger partial charge in [0.1, 0.15) is 5.56 Å². The number of alkyl halides is 3. The highest BCUT2D eigenvalue weighted by Crippen LogP contribution is 2.35. The minimum absolute atomic E-state index is 0.0417. The summed E-state index contributed by atoms with van der Waals surface area (Å²) in [7, 11) is 0. The van der Waals surface area contributed by atoms with Crippen molar-refractivity contribution in [3.05, 3.63) is 45.7 Å². The van der Waals surface area contributed by atoms with Gasteiger partial charge in [0.2, 0.25) is 0 Å². The van der Waals surface area contributed by atoms with Gasteiger partial charge >= 0.3 is 12.1 Å². The molecular weight excluding hydrogens is 320 g/mol. The van der Waals surface area contributed by atoms with Crippen molar-refractivity contribution in [1.29, 1.82) is 0 Å². The molecule has 4 nitrogen and oxygen atoms in total. The number of benzene rings is 1. The van der Waals surface area contributed by atoms with Crippen LogP contribution in [0.2, 0.25) is 10.0 Å². The lowest BCUT2D eigenvalue weighted by Crippen LogP contribution is -2.17.